The summed E-state index contributed by atoms with van der Waals surface area (Å²) in [6, 6.07) is 6.53. The Kier molecular flexibility index (Phi) is 7.46. The van der Waals surface area contributed by atoms with Crippen LogP contribution in [0, 0.1) is 13.8 Å². The van der Waals surface area contributed by atoms with Crippen molar-refractivity contribution in [2.24, 2.45) is 0 Å². The van der Waals surface area contributed by atoms with Crippen LogP contribution in [0.2, 0.25) is 0 Å². The number of rotatable bonds is 9. The number of esters is 2. The number of hydrogen-bond donors (Lipinski definition) is 1. The summed E-state index contributed by atoms with van der Waals surface area (Å²) in [7, 11) is 0. The van der Waals surface area contributed by atoms with Crippen LogP contribution in [0.3, 0.4) is 0 Å². The molecule has 8 heteroatoms. The molecule has 31 heavy (non-hydrogen) atoms. The van der Waals surface area contributed by atoms with Gasteiger partial charge in [0.1, 0.15) is 18.1 Å². The van der Waals surface area contributed by atoms with Crippen molar-refractivity contribution in [3.05, 3.63) is 52.3 Å². The molecule has 1 N–H and O–H groups in total. The van der Waals surface area contributed by atoms with Gasteiger partial charge in [-0.25, -0.2) is 9.59 Å². The van der Waals surface area contributed by atoms with Crippen LogP contribution in [0.4, 0.5) is 0 Å². The van der Waals surface area contributed by atoms with Crippen LogP contribution >= 0.6 is 0 Å². The minimum Gasteiger partial charge on any atom is -0.491 e. The molecule has 1 unspecified atom stereocenters. The van der Waals surface area contributed by atoms with Crippen LogP contribution in [-0.2, 0) is 14.2 Å². The van der Waals surface area contributed by atoms with Gasteiger partial charge in [-0.05, 0) is 63.4 Å². The molecule has 1 fully saturated rings. The standard InChI is InChI=1S/C23H27NO7/c1-4-28-23(27)21-14(2)20(15(3)24-21)19(25)13-31-22(26)16-7-9-17(10-8-16)30-12-18-6-5-11-29-18/h7-10,18,24H,4-6,11-13H2,1-3H3. The Hall–Kier alpha value is -3.13. The lowest BCUT2D eigenvalue weighted by Crippen LogP contribution is -2.17. The fourth-order valence-corrected chi connectivity index (χ4v) is 3.51. The molecule has 1 aromatic heterocycles. The zero-order chi connectivity index (χ0) is 22.4. The molecule has 0 spiro atoms. The number of carbonyl (C=O) groups excluding carboxylic acids is 3. The number of aryl methyl sites for hydroxylation is 1. The third-order valence-corrected chi connectivity index (χ3v) is 5.08. The maximum atomic E-state index is 12.6. The number of nitrogens with one attached hydrogen (secondary N) is 1. The lowest BCUT2D eigenvalue weighted by atomic mass is 10.1. The summed E-state index contributed by atoms with van der Waals surface area (Å²) < 4.78 is 21.3. The zero-order valence-corrected chi connectivity index (χ0v) is 18.0. The fraction of sp³-hybridized carbons (Fsp3) is 0.435. The second kappa shape index (κ2) is 10.3. The Labute approximate surface area is 180 Å². The molecular formula is C23H27NO7. The first kappa shape index (κ1) is 22.6. The molecule has 1 atom stereocenters. The van der Waals surface area contributed by atoms with Crippen LogP contribution in [0.15, 0.2) is 24.3 Å². The lowest BCUT2D eigenvalue weighted by molar-refractivity contribution is 0.0472. The molecule has 1 aliphatic rings. The maximum absolute atomic E-state index is 12.6. The van der Waals surface area contributed by atoms with Crippen molar-refractivity contribution in [2.75, 3.05) is 26.4 Å². The van der Waals surface area contributed by atoms with Gasteiger partial charge in [-0.1, -0.05) is 0 Å². The van der Waals surface area contributed by atoms with Crippen LogP contribution in [-0.4, -0.2) is 55.2 Å². The summed E-state index contributed by atoms with van der Waals surface area (Å²) in [5, 5.41) is 0. The van der Waals surface area contributed by atoms with Crippen molar-refractivity contribution in [1.29, 1.82) is 0 Å². The van der Waals surface area contributed by atoms with Crippen molar-refractivity contribution in [3.8, 4) is 5.75 Å². The summed E-state index contributed by atoms with van der Waals surface area (Å²) in [6.45, 7) is 6.08. The van der Waals surface area contributed by atoms with Gasteiger partial charge in [0.25, 0.3) is 0 Å². The zero-order valence-electron chi connectivity index (χ0n) is 18.0. The topological polar surface area (TPSA) is 104 Å². The van der Waals surface area contributed by atoms with Crippen molar-refractivity contribution in [1.82, 2.24) is 4.98 Å². The molecule has 0 saturated carbocycles. The van der Waals surface area contributed by atoms with Gasteiger partial charge >= 0.3 is 11.9 Å². The molecular weight excluding hydrogens is 402 g/mol. The fourth-order valence-electron chi connectivity index (χ4n) is 3.51. The van der Waals surface area contributed by atoms with E-state index < -0.39 is 24.3 Å². The SMILES string of the molecule is CCOC(=O)c1[nH]c(C)c(C(=O)COC(=O)c2ccc(OCC3CCCO3)cc2)c1C. The second-order valence-electron chi connectivity index (χ2n) is 7.32. The van der Waals surface area contributed by atoms with Gasteiger partial charge in [-0.3, -0.25) is 4.79 Å². The predicted octanol–water partition coefficient (Wildman–Crippen LogP) is 3.41. The number of hydrogen-bond acceptors (Lipinski definition) is 7. The highest BCUT2D eigenvalue weighted by Crippen LogP contribution is 2.20. The number of ether oxygens (including phenoxy) is 4. The van der Waals surface area contributed by atoms with Gasteiger partial charge in [0.05, 0.1) is 18.3 Å². The predicted molar refractivity (Wildman–Crippen MR) is 112 cm³/mol. The van der Waals surface area contributed by atoms with E-state index in [4.69, 9.17) is 18.9 Å². The molecule has 2 heterocycles. The first-order valence-corrected chi connectivity index (χ1v) is 10.3. The Balaban J connectivity index is 1.55. The van der Waals surface area contributed by atoms with Gasteiger partial charge < -0.3 is 23.9 Å². The normalized spacial score (nSPS) is 15.5. The van der Waals surface area contributed by atoms with E-state index >= 15 is 0 Å². The lowest BCUT2D eigenvalue weighted by Gasteiger charge is -2.11. The molecule has 0 amide bonds. The number of carbonyl (C=O) groups is 3. The van der Waals surface area contributed by atoms with E-state index in [2.05, 4.69) is 4.98 Å². The Bertz CT molecular complexity index is 940. The molecule has 166 valence electrons. The Morgan fingerprint density at radius 3 is 2.48 bits per heavy atom. The quantitative estimate of drug-likeness (QED) is 0.481. The highest BCUT2D eigenvalue weighted by molar-refractivity contribution is 6.04. The van der Waals surface area contributed by atoms with Crippen molar-refractivity contribution >= 4 is 17.7 Å². The summed E-state index contributed by atoms with van der Waals surface area (Å²) in [5.74, 6) is -0.906. The third kappa shape index (κ3) is 5.52. The minimum atomic E-state index is -0.615. The van der Waals surface area contributed by atoms with Gasteiger partial charge in [0, 0.05) is 17.9 Å². The largest absolute Gasteiger partial charge is 0.491 e. The molecule has 3 rings (SSSR count). The van der Waals surface area contributed by atoms with Gasteiger partial charge in [-0.15, -0.1) is 0 Å². The van der Waals surface area contributed by atoms with E-state index in [9.17, 15) is 14.4 Å². The van der Waals surface area contributed by atoms with Crippen LogP contribution in [0.25, 0.3) is 0 Å². The number of benzene rings is 1. The van der Waals surface area contributed by atoms with E-state index in [0.29, 0.717) is 34.7 Å². The first-order chi connectivity index (χ1) is 14.9. The summed E-state index contributed by atoms with van der Waals surface area (Å²) in [4.78, 5) is 39.8. The molecule has 1 saturated heterocycles. The monoisotopic (exact) mass is 429 g/mol. The molecule has 0 radical (unpaired) electrons. The van der Waals surface area contributed by atoms with Crippen LogP contribution < -0.4 is 4.74 Å². The highest BCUT2D eigenvalue weighted by atomic mass is 16.5. The number of H-pyrrole nitrogens is 1. The molecule has 1 aromatic carbocycles. The van der Waals surface area contributed by atoms with E-state index in [-0.39, 0.29) is 18.4 Å². The summed E-state index contributed by atoms with van der Waals surface area (Å²) >= 11 is 0. The molecule has 0 aliphatic carbocycles. The van der Waals surface area contributed by atoms with Crippen LogP contribution in [0.5, 0.6) is 5.75 Å². The maximum Gasteiger partial charge on any atom is 0.355 e. The summed E-state index contributed by atoms with van der Waals surface area (Å²) in [6.07, 6.45) is 2.14. The smallest absolute Gasteiger partial charge is 0.355 e. The Morgan fingerprint density at radius 2 is 1.84 bits per heavy atom. The van der Waals surface area contributed by atoms with Crippen molar-refractivity contribution in [3.63, 3.8) is 0 Å². The molecule has 0 bridgehead atoms. The average Bonchev–Trinajstić information content (AvgIpc) is 3.38. The van der Waals surface area contributed by atoms with E-state index in [1.807, 2.05) is 0 Å². The Morgan fingerprint density at radius 1 is 1.10 bits per heavy atom. The molecule has 1 aliphatic heterocycles. The number of aromatic amines is 1. The second-order valence-corrected chi connectivity index (χ2v) is 7.32. The van der Waals surface area contributed by atoms with Gasteiger partial charge in [0.2, 0.25) is 5.78 Å². The van der Waals surface area contributed by atoms with Gasteiger partial charge in [0.15, 0.2) is 6.61 Å². The van der Waals surface area contributed by atoms with E-state index in [0.717, 1.165) is 19.4 Å². The number of aromatic nitrogens is 1. The van der Waals surface area contributed by atoms with Crippen molar-refractivity contribution in [2.45, 2.75) is 39.7 Å². The summed E-state index contributed by atoms with van der Waals surface area (Å²) in [5.41, 5.74) is 1.87. The van der Waals surface area contributed by atoms with Gasteiger partial charge in [-0.2, -0.15) is 0 Å². The molecule has 8 nitrogen and oxygen atoms in total. The van der Waals surface area contributed by atoms with E-state index in [1.54, 1.807) is 45.0 Å². The number of ketones is 1. The third-order valence-electron chi connectivity index (χ3n) is 5.08. The molecule has 2 aromatic rings. The highest BCUT2D eigenvalue weighted by Gasteiger charge is 2.23. The van der Waals surface area contributed by atoms with Crippen LogP contribution in [0.1, 0.15) is 62.2 Å². The average molecular weight is 429 g/mol. The number of Topliss-reactive ketones (excluding diaryl/α,β-unsaturated/α-hetero) is 1. The minimum absolute atomic E-state index is 0.111. The first-order valence-electron chi connectivity index (χ1n) is 10.3. The van der Waals surface area contributed by atoms with Crippen molar-refractivity contribution < 1.29 is 33.3 Å². The van der Waals surface area contributed by atoms with E-state index in [1.165, 1.54) is 0 Å².